The first-order chi connectivity index (χ1) is 15.2. The molecule has 5 rings (SSSR count). The number of rotatable bonds is 5. The number of aromatic nitrogens is 2. The number of benzene rings is 2. The van der Waals surface area contributed by atoms with Crippen molar-refractivity contribution < 1.29 is 13.9 Å². The molecule has 7 nitrogen and oxygen atoms in total. The minimum absolute atomic E-state index is 0.178. The number of amides is 1. The van der Waals surface area contributed by atoms with Gasteiger partial charge in [-0.3, -0.25) is 4.79 Å². The van der Waals surface area contributed by atoms with E-state index in [-0.39, 0.29) is 12.0 Å². The third kappa shape index (κ3) is 4.41. The van der Waals surface area contributed by atoms with Gasteiger partial charge in [-0.25, -0.2) is 9.97 Å². The lowest BCUT2D eigenvalue weighted by Gasteiger charge is -2.23. The number of carbonyl (C=O) groups excluding carboxylic acids is 1. The number of nitrogens with one attached hydrogen (secondary N) is 2. The first-order valence-electron chi connectivity index (χ1n) is 10.3. The predicted molar refractivity (Wildman–Crippen MR) is 118 cm³/mol. The van der Waals surface area contributed by atoms with E-state index in [1.165, 1.54) is 6.39 Å². The normalized spacial score (nSPS) is 16.2. The fourth-order valence-corrected chi connectivity index (χ4v) is 3.71. The molecule has 156 valence electrons. The molecule has 4 aromatic rings. The summed E-state index contributed by atoms with van der Waals surface area (Å²) in [5, 5.41) is 8.12. The Morgan fingerprint density at radius 1 is 1.10 bits per heavy atom. The number of anilines is 1. The first-order valence-corrected chi connectivity index (χ1v) is 10.3. The molecule has 1 fully saturated rings. The van der Waals surface area contributed by atoms with E-state index < -0.39 is 0 Å². The molecule has 0 aliphatic carbocycles. The number of piperidine rings is 1. The van der Waals surface area contributed by atoms with Crippen LogP contribution in [0.15, 0.2) is 71.7 Å². The lowest BCUT2D eigenvalue weighted by atomic mass is 10.1. The summed E-state index contributed by atoms with van der Waals surface area (Å²) in [6.45, 7) is 1.90. The van der Waals surface area contributed by atoms with Crippen molar-refractivity contribution in [3.05, 3.63) is 72.9 Å². The van der Waals surface area contributed by atoms with Crippen molar-refractivity contribution in [1.29, 1.82) is 0 Å². The summed E-state index contributed by atoms with van der Waals surface area (Å²) in [6, 6.07) is 15.0. The number of hydrogen-bond acceptors (Lipinski definition) is 6. The quantitative estimate of drug-likeness (QED) is 0.507. The molecule has 1 unspecified atom stereocenters. The molecule has 1 saturated heterocycles. The van der Waals surface area contributed by atoms with Crippen molar-refractivity contribution in [2.75, 3.05) is 18.4 Å². The van der Waals surface area contributed by atoms with Gasteiger partial charge in [0.15, 0.2) is 12.2 Å². The summed E-state index contributed by atoms with van der Waals surface area (Å²) < 4.78 is 11.3. The zero-order valence-corrected chi connectivity index (χ0v) is 16.9. The van der Waals surface area contributed by atoms with E-state index in [0.29, 0.717) is 17.1 Å². The fraction of sp³-hybridized carbons (Fsp3) is 0.208. The molecule has 31 heavy (non-hydrogen) atoms. The van der Waals surface area contributed by atoms with Crippen molar-refractivity contribution in [3.8, 4) is 17.1 Å². The van der Waals surface area contributed by atoms with E-state index in [9.17, 15) is 4.79 Å². The highest BCUT2D eigenvalue weighted by atomic mass is 16.5. The van der Waals surface area contributed by atoms with Crippen LogP contribution in [0.5, 0.6) is 5.75 Å². The second-order valence-electron chi connectivity index (χ2n) is 7.56. The Labute approximate surface area is 179 Å². The van der Waals surface area contributed by atoms with Crippen molar-refractivity contribution in [2.45, 2.75) is 18.9 Å². The van der Waals surface area contributed by atoms with Crippen LogP contribution in [0.2, 0.25) is 0 Å². The maximum atomic E-state index is 12.7. The molecule has 1 aliphatic rings. The second kappa shape index (κ2) is 8.57. The van der Waals surface area contributed by atoms with Crippen LogP contribution in [0.4, 0.5) is 5.82 Å². The average molecular weight is 414 g/mol. The lowest BCUT2D eigenvalue weighted by molar-refractivity contribution is 0.102. The molecule has 2 aromatic heterocycles. The Balaban J connectivity index is 1.29. The lowest BCUT2D eigenvalue weighted by Crippen LogP contribution is -2.37. The van der Waals surface area contributed by atoms with Gasteiger partial charge in [-0.1, -0.05) is 12.1 Å². The first kappa shape index (κ1) is 19.3. The van der Waals surface area contributed by atoms with Crippen LogP contribution in [0.25, 0.3) is 22.1 Å². The fourth-order valence-electron chi connectivity index (χ4n) is 3.71. The standard InChI is InChI=1S/C24H22N4O3/c29-24(16-5-7-20(8-6-16)31-21-2-1-9-25-13-21)28-23-11-19-10-17(22-14-26-15-30-22)3-4-18(19)12-27-23/h3-8,10-12,14-15,21,25H,1-2,9,13H2,(H,27,28,29). The minimum atomic E-state index is -0.218. The van der Waals surface area contributed by atoms with Gasteiger partial charge in [0.25, 0.3) is 5.91 Å². The number of carbonyl (C=O) groups is 1. The van der Waals surface area contributed by atoms with Crippen molar-refractivity contribution in [3.63, 3.8) is 0 Å². The zero-order chi connectivity index (χ0) is 21.0. The Morgan fingerprint density at radius 3 is 2.77 bits per heavy atom. The summed E-state index contributed by atoms with van der Waals surface area (Å²) in [7, 11) is 0. The van der Waals surface area contributed by atoms with Gasteiger partial charge in [-0.15, -0.1) is 0 Å². The van der Waals surface area contributed by atoms with Gasteiger partial charge in [0, 0.05) is 29.3 Å². The maximum absolute atomic E-state index is 12.7. The van der Waals surface area contributed by atoms with Crippen LogP contribution >= 0.6 is 0 Å². The van der Waals surface area contributed by atoms with Gasteiger partial charge in [0.05, 0.1) is 6.20 Å². The van der Waals surface area contributed by atoms with Crippen LogP contribution in [0.1, 0.15) is 23.2 Å². The Hall–Kier alpha value is -3.71. The van der Waals surface area contributed by atoms with Gasteiger partial charge >= 0.3 is 0 Å². The smallest absolute Gasteiger partial charge is 0.256 e. The van der Waals surface area contributed by atoms with E-state index in [4.69, 9.17) is 9.15 Å². The molecular formula is C24H22N4O3. The summed E-state index contributed by atoms with van der Waals surface area (Å²) >= 11 is 0. The summed E-state index contributed by atoms with van der Waals surface area (Å²) in [6.07, 6.45) is 7.15. The van der Waals surface area contributed by atoms with Crippen molar-refractivity contribution in [1.82, 2.24) is 15.3 Å². The van der Waals surface area contributed by atoms with Gasteiger partial charge in [0.2, 0.25) is 0 Å². The predicted octanol–water partition coefficient (Wildman–Crippen LogP) is 4.27. The molecule has 0 radical (unpaired) electrons. The van der Waals surface area contributed by atoms with Crippen molar-refractivity contribution >= 4 is 22.5 Å². The molecule has 3 heterocycles. The Bertz CT molecular complexity index is 1180. The number of oxazole rings is 1. The molecular weight excluding hydrogens is 392 g/mol. The van der Waals surface area contributed by atoms with Crippen LogP contribution in [0, 0.1) is 0 Å². The molecule has 2 aromatic carbocycles. The summed E-state index contributed by atoms with van der Waals surface area (Å²) in [4.78, 5) is 21.0. The number of pyridine rings is 1. The van der Waals surface area contributed by atoms with Gasteiger partial charge in [-0.05, 0) is 61.2 Å². The Kier molecular flexibility index (Phi) is 5.33. The van der Waals surface area contributed by atoms with E-state index in [0.717, 1.165) is 48.0 Å². The van der Waals surface area contributed by atoms with Gasteiger partial charge < -0.3 is 19.8 Å². The van der Waals surface area contributed by atoms with E-state index in [1.54, 1.807) is 24.5 Å². The monoisotopic (exact) mass is 414 g/mol. The molecule has 0 saturated carbocycles. The maximum Gasteiger partial charge on any atom is 0.256 e. The number of hydrogen-bond donors (Lipinski definition) is 2. The summed E-state index contributed by atoms with van der Waals surface area (Å²) in [5.41, 5.74) is 1.46. The summed E-state index contributed by atoms with van der Waals surface area (Å²) in [5.74, 6) is 1.73. The van der Waals surface area contributed by atoms with Crippen LogP contribution in [-0.2, 0) is 0 Å². The zero-order valence-electron chi connectivity index (χ0n) is 16.9. The largest absolute Gasteiger partial charge is 0.489 e. The molecule has 0 spiro atoms. The minimum Gasteiger partial charge on any atom is -0.489 e. The second-order valence-corrected chi connectivity index (χ2v) is 7.56. The van der Waals surface area contributed by atoms with E-state index in [2.05, 4.69) is 20.6 Å². The van der Waals surface area contributed by atoms with Gasteiger partial charge in [-0.2, -0.15) is 0 Å². The van der Waals surface area contributed by atoms with E-state index in [1.807, 2.05) is 36.4 Å². The van der Waals surface area contributed by atoms with Gasteiger partial charge in [0.1, 0.15) is 17.7 Å². The number of fused-ring (bicyclic) bond motifs is 1. The van der Waals surface area contributed by atoms with Crippen LogP contribution in [-0.4, -0.2) is 35.1 Å². The average Bonchev–Trinajstić information content (AvgIpc) is 3.35. The molecule has 1 atom stereocenters. The highest BCUT2D eigenvalue weighted by Crippen LogP contribution is 2.25. The third-order valence-corrected chi connectivity index (χ3v) is 5.35. The topological polar surface area (TPSA) is 89.3 Å². The molecule has 2 N–H and O–H groups in total. The van der Waals surface area contributed by atoms with Crippen LogP contribution in [0.3, 0.4) is 0 Å². The third-order valence-electron chi connectivity index (χ3n) is 5.35. The molecule has 1 aliphatic heterocycles. The molecule has 7 heteroatoms. The van der Waals surface area contributed by atoms with Crippen molar-refractivity contribution in [2.24, 2.45) is 0 Å². The highest BCUT2D eigenvalue weighted by Gasteiger charge is 2.15. The SMILES string of the molecule is O=C(Nc1cc2cc(-c3cnco3)ccc2cn1)c1ccc(OC2CCCNC2)cc1. The number of nitrogens with zero attached hydrogens (tertiary/aromatic N) is 2. The van der Waals surface area contributed by atoms with Crippen LogP contribution < -0.4 is 15.4 Å². The molecule has 1 amide bonds. The Morgan fingerprint density at radius 2 is 2.00 bits per heavy atom. The number of ether oxygens (including phenoxy) is 1. The highest BCUT2D eigenvalue weighted by molar-refractivity contribution is 6.04. The molecule has 0 bridgehead atoms. The van der Waals surface area contributed by atoms with E-state index >= 15 is 0 Å².